The number of hydrogen-bond donors (Lipinski definition) is 1. The smallest absolute Gasteiger partial charge is 0.0496 e. The Morgan fingerprint density at radius 1 is 1.05 bits per heavy atom. The second kappa shape index (κ2) is 7.06. The zero-order valence-electron chi connectivity index (χ0n) is 13.4. The first-order chi connectivity index (χ1) is 8.82. The summed E-state index contributed by atoms with van der Waals surface area (Å²) in [7, 11) is 2.20. The molecule has 2 nitrogen and oxygen atoms in total. The molecule has 3 unspecified atom stereocenters. The third kappa shape index (κ3) is 4.63. The predicted octanol–water partition coefficient (Wildman–Crippen LogP) is 3.75. The highest BCUT2D eigenvalue weighted by atomic mass is 15.2. The van der Waals surface area contributed by atoms with Gasteiger partial charge in [-0.15, -0.1) is 0 Å². The van der Waals surface area contributed by atoms with Crippen molar-refractivity contribution < 1.29 is 0 Å². The Morgan fingerprint density at radius 3 is 2.00 bits per heavy atom. The van der Waals surface area contributed by atoms with Crippen molar-refractivity contribution >= 4 is 0 Å². The van der Waals surface area contributed by atoms with Crippen molar-refractivity contribution in [2.24, 2.45) is 11.7 Å². The summed E-state index contributed by atoms with van der Waals surface area (Å²) in [5.41, 5.74) is 8.85. The van der Waals surface area contributed by atoms with E-state index in [1.165, 1.54) is 17.5 Å². The number of rotatable bonds is 6. The lowest BCUT2D eigenvalue weighted by Crippen LogP contribution is -2.42. The maximum atomic E-state index is 6.23. The first-order valence-corrected chi connectivity index (χ1v) is 7.37. The van der Waals surface area contributed by atoms with E-state index in [1.807, 2.05) is 0 Å². The lowest BCUT2D eigenvalue weighted by atomic mass is 9.95. The molecule has 0 fully saturated rings. The van der Waals surface area contributed by atoms with Crippen molar-refractivity contribution in [1.29, 1.82) is 0 Å². The zero-order valence-corrected chi connectivity index (χ0v) is 13.4. The lowest BCUT2D eigenvalue weighted by molar-refractivity contribution is 0.148. The minimum Gasteiger partial charge on any atom is -0.326 e. The molecular weight excluding hydrogens is 232 g/mol. The van der Waals surface area contributed by atoms with E-state index < -0.39 is 0 Å². The summed E-state index contributed by atoms with van der Waals surface area (Å²) >= 11 is 0. The highest BCUT2D eigenvalue weighted by Gasteiger charge is 2.25. The molecule has 0 saturated heterocycles. The Morgan fingerprint density at radius 2 is 1.58 bits per heavy atom. The fourth-order valence-electron chi connectivity index (χ4n) is 2.80. The van der Waals surface area contributed by atoms with Gasteiger partial charge in [0.15, 0.2) is 0 Å². The van der Waals surface area contributed by atoms with E-state index in [1.54, 1.807) is 0 Å². The van der Waals surface area contributed by atoms with Gasteiger partial charge in [0, 0.05) is 18.1 Å². The summed E-state index contributed by atoms with van der Waals surface area (Å²) in [6, 6.07) is 9.72. The predicted molar refractivity (Wildman–Crippen MR) is 84.2 cm³/mol. The highest BCUT2D eigenvalue weighted by Crippen LogP contribution is 2.26. The van der Waals surface area contributed by atoms with E-state index in [2.05, 4.69) is 70.8 Å². The van der Waals surface area contributed by atoms with Gasteiger partial charge in [-0.05, 0) is 45.7 Å². The summed E-state index contributed by atoms with van der Waals surface area (Å²) in [5.74, 6) is 0.712. The van der Waals surface area contributed by atoms with Crippen LogP contribution in [0.4, 0.5) is 0 Å². The van der Waals surface area contributed by atoms with E-state index in [-0.39, 0.29) is 12.1 Å². The molecule has 0 aliphatic heterocycles. The number of aryl methyl sites for hydroxylation is 1. The molecule has 1 aromatic carbocycles. The van der Waals surface area contributed by atoms with Crippen LogP contribution in [0.5, 0.6) is 0 Å². The fourth-order valence-corrected chi connectivity index (χ4v) is 2.80. The van der Waals surface area contributed by atoms with Crippen LogP contribution in [-0.2, 0) is 0 Å². The molecule has 2 N–H and O–H groups in total. The molecule has 1 aromatic rings. The van der Waals surface area contributed by atoms with Gasteiger partial charge in [-0.1, -0.05) is 43.7 Å². The van der Waals surface area contributed by atoms with E-state index in [4.69, 9.17) is 5.73 Å². The van der Waals surface area contributed by atoms with Gasteiger partial charge in [0.2, 0.25) is 0 Å². The molecule has 1 rings (SSSR count). The number of likely N-dealkylation sites (N-methyl/N-ethyl adjacent to an activating group) is 1. The third-order valence-corrected chi connectivity index (χ3v) is 3.86. The summed E-state index contributed by atoms with van der Waals surface area (Å²) in [6.45, 7) is 11.1. The molecule has 0 amide bonds. The summed E-state index contributed by atoms with van der Waals surface area (Å²) in [5, 5.41) is 0. The van der Waals surface area contributed by atoms with Crippen LogP contribution in [0.15, 0.2) is 24.3 Å². The molecule has 0 heterocycles. The average Bonchev–Trinajstić information content (AvgIpc) is 2.30. The van der Waals surface area contributed by atoms with Crippen molar-refractivity contribution in [1.82, 2.24) is 4.90 Å². The molecule has 0 aromatic heterocycles. The van der Waals surface area contributed by atoms with Gasteiger partial charge in [-0.3, -0.25) is 4.90 Å². The van der Waals surface area contributed by atoms with E-state index in [0.717, 1.165) is 0 Å². The van der Waals surface area contributed by atoms with Gasteiger partial charge in [-0.2, -0.15) is 0 Å². The second-order valence-electron chi connectivity index (χ2n) is 6.36. The maximum absolute atomic E-state index is 6.23. The quantitative estimate of drug-likeness (QED) is 0.846. The van der Waals surface area contributed by atoms with Gasteiger partial charge in [0.05, 0.1) is 0 Å². The average molecular weight is 262 g/mol. The van der Waals surface area contributed by atoms with Crippen LogP contribution in [0, 0.1) is 12.8 Å². The van der Waals surface area contributed by atoms with Gasteiger partial charge >= 0.3 is 0 Å². The standard InChI is InChI=1S/C17H30N2/c1-12(2)11-14(4)19(6)17(15(5)18)16-9-7-13(3)8-10-16/h7-10,12,14-15,17H,11,18H2,1-6H3. The van der Waals surface area contributed by atoms with Gasteiger partial charge < -0.3 is 5.73 Å². The maximum Gasteiger partial charge on any atom is 0.0496 e. The molecule has 2 heteroatoms. The van der Waals surface area contributed by atoms with Gasteiger partial charge in [-0.25, -0.2) is 0 Å². The van der Waals surface area contributed by atoms with Gasteiger partial charge in [0.1, 0.15) is 0 Å². The summed E-state index contributed by atoms with van der Waals surface area (Å²) in [6.07, 6.45) is 1.20. The number of benzene rings is 1. The number of nitrogens with zero attached hydrogens (tertiary/aromatic N) is 1. The van der Waals surface area contributed by atoms with Crippen molar-refractivity contribution in [3.8, 4) is 0 Å². The van der Waals surface area contributed by atoms with Crippen molar-refractivity contribution in [3.05, 3.63) is 35.4 Å². The second-order valence-corrected chi connectivity index (χ2v) is 6.36. The van der Waals surface area contributed by atoms with Crippen LogP contribution in [0.3, 0.4) is 0 Å². The highest BCUT2D eigenvalue weighted by molar-refractivity contribution is 5.25. The lowest BCUT2D eigenvalue weighted by Gasteiger charge is -2.36. The first-order valence-electron chi connectivity index (χ1n) is 7.37. The minimum atomic E-state index is 0.127. The molecule has 0 saturated carbocycles. The molecule has 0 aliphatic rings. The topological polar surface area (TPSA) is 29.3 Å². The van der Waals surface area contributed by atoms with Crippen molar-refractivity contribution in [2.45, 2.75) is 59.2 Å². The summed E-state index contributed by atoms with van der Waals surface area (Å²) in [4.78, 5) is 2.43. The van der Waals surface area contributed by atoms with E-state index in [9.17, 15) is 0 Å². The van der Waals surface area contributed by atoms with Crippen LogP contribution in [0.1, 0.15) is 51.3 Å². The molecule has 3 atom stereocenters. The Kier molecular flexibility index (Phi) is 6.02. The number of hydrogen-bond acceptors (Lipinski definition) is 2. The van der Waals surface area contributed by atoms with Crippen molar-refractivity contribution in [3.63, 3.8) is 0 Å². The van der Waals surface area contributed by atoms with Crippen LogP contribution < -0.4 is 5.73 Å². The SMILES string of the molecule is Cc1ccc(C(C(C)N)N(C)C(C)CC(C)C)cc1. The Hall–Kier alpha value is -0.860. The normalized spacial score (nSPS) is 16.7. The largest absolute Gasteiger partial charge is 0.326 e. The Bertz CT molecular complexity index is 367. The van der Waals surface area contributed by atoms with Crippen LogP contribution in [0.2, 0.25) is 0 Å². The third-order valence-electron chi connectivity index (χ3n) is 3.86. The molecule has 0 radical (unpaired) electrons. The Labute approximate surface area is 119 Å². The van der Waals surface area contributed by atoms with Crippen LogP contribution in [0.25, 0.3) is 0 Å². The first kappa shape index (κ1) is 16.2. The molecule has 19 heavy (non-hydrogen) atoms. The van der Waals surface area contributed by atoms with E-state index >= 15 is 0 Å². The monoisotopic (exact) mass is 262 g/mol. The van der Waals surface area contributed by atoms with E-state index in [0.29, 0.717) is 12.0 Å². The van der Waals surface area contributed by atoms with Crippen molar-refractivity contribution in [2.75, 3.05) is 7.05 Å². The summed E-state index contributed by atoms with van der Waals surface area (Å²) < 4.78 is 0. The van der Waals surface area contributed by atoms with Crippen LogP contribution in [-0.4, -0.2) is 24.0 Å². The molecule has 108 valence electrons. The molecule has 0 aliphatic carbocycles. The van der Waals surface area contributed by atoms with Crippen LogP contribution >= 0.6 is 0 Å². The zero-order chi connectivity index (χ0) is 14.6. The molecule has 0 spiro atoms. The molecular formula is C17H30N2. The Balaban J connectivity index is 2.91. The number of nitrogens with two attached hydrogens (primary N) is 1. The molecule has 0 bridgehead atoms. The minimum absolute atomic E-state index is 0.127. The fraction of sp³-hybridized carbons (Fsp3) is 0.647. The van der Waals surface area contributed by atoms with Gasteiger partial charge in [0.25, 0.3) is 0 Å².